The van der Waals surface area contributed by atoms with Crippen molar-refractivity contribution in [2.75, 3.05) is 12.4 Å². The third kappa shape index (κ3) is 6.48. The van der Waals surface area contributed by atoms with Crippen LogP contribution >= 0.6 is 23.4 Å². The minimum atomic E-state index is -0.169. The fraction of sp³-hybridized carbons (Fsp3) is 0.111. The van der Waals surface area contributed by atoms with Crippen LogP contribution in [0.2, 0.25) is 5.02 Å². The van der Waals surface area contributed by atoms with Gasteiger partial charge in [-0.05, 0) is 54.1 Å². The van der Waals surface area contributed by atoms with Crippen LogP contribution in [0.4, 0.5) is 0 Å². The van der Waals surface area contributed by atoms with E-state index in [1.54, 1.807) is 24.4 Å². The fourth-order valence-electron chi connectivity index (χ4n) is 1.70. The Hall–Kier alpha value is -2.24. The van der Waals surface area contributed by atoms with Gasteiger partial charge >= 0.3 is 0 Å². The van der Waals surface area contributed by atoms with E-state index in [9.17, 15) is 4.79 Å². The number of amides is 1. The quantitative estimate of drug-likeness (QED) is 0.333. The Morgan fingerprint density at radius 2 is 1.92 bits per heavy atom. The van der Waals surface area contributed by atoms with E-state index in [-0.39, 0.29) is 11.7 Å². The fourth-order valence-corrected chi connectivity index (χ4v) is 2.51. The maximum absolute atomic E-state index is 11.7. The largest absolute Gasteiger partial charge is 0.490 e. The molecule has 2 aromatic carbocycles. The maximum atomic E-state index is 11.7. The van der Waals surface area contributed by atoms with E-state index in [1.807, 2.05) is 36.4 Å². The highest BCUT2D eigenvalue weighted by Crippen LogP contribution is 2.19. The molecular formula is C18H17ClN2O2S. The first-order valence-corrected chi connectivity index (χ1v) is 8.58. The van der Waals surface area contributed by atoms with Crippen molar-refractivity contribution in [2.24, 2.45) is 5.10 Å². The molecule has 1 N–H and O–H groups in total. The highest BCUT2D eigenvalue weighted by Gasteiger charge is 2.01. The van der Waals surface area contributed by atoms with Gasteiger partial charge in [0.2, 0.25) is 5.91 Å². The Kier molecular flexibility index (Phi) is 7.39. The molecule has 0 fully saturated rings. The first kappa shape index (κ1) is 18.1. The number of nitrogens with zero attached hydrogens (tertiary/aromatic N) is 1. The van der Waals surface area contributed by atoms with Crippen molar-refractivity contribution in [3.05, 3.63) is 71.8 Å². The lowest BCUT2D eigenvalue weighted by atomic mass is 10.2. The van der Waals surface area contributed by atoms with Gasteiger partial charge in [0, 0.05) is 9.92 Å². The van der Waals surface area contributed by atoms with Crippen LogP contribution in [0.3, 0.4) is 0 Å². The lowest BCUT2D eigenvalue weighted by molar-refractivity contribution is -0.118. The van der Waals surface area contributed by atoms with E-state index in [0.717, 1.165) is 16.2 Å². The van der Waals surface area contributed by atoms with E-state index in [1.165, 1.54) is 11.8 Å². The zero-order chi connectivity index (χ0) is 17.2. The number of halogens is 1. The molecule has 0 aromatic heterocycles. The topological polar surface area (TPSA) is 50.7 Å². The third-order valence-corrected chi connectivity index (χ3v) is 4.10. The minimum Gasteiger partial charge on any atom is -0.490 e. The van der Waals surface area contributed by atoms with Crippen molar-refractivity contribution in [1.82, 2.24) is 5.43 Å². The standard InChI is InChI=1S/C18H17ClN2O2S/c1-2-11-23-16-7-3-14(4-8-16)12-20-21-18(22)13-24-17-9-5-15(19)6-10-17/h2-10,12H,1,11,13H2,(H,21,22)/b20-12-. The summed E-state index contributed by atoms with van der Waals surface area (Å²) in [4.78, 5) is 12.7. The maximum Gasteiger partial charge on any atom is 0.250 e. The molecule has 0 radical (unpaired) electrons. The molecular weight excluding hydrogens is 344 g/mol. The van der Waals surface area contributed by atoms with Gasteiger partial charge in [-0.1, -0.05) is 24.3 Å². The average molecular weight is 361 g/mol. The molecule has 0 aliphatic heterocycles. The molecule has 0 aliphatic rings. The van der Waals surface area contributed by atoms with Crippen LogP contribution < -0.4 is 10.2 Å². The summed E-state index contributed by atoms with van der Waals surface area (Å²) in [7, 11) is 0. The number of benzene rings is 2. The Morgan fingerprint density at radius 1 is 1.21 bits per heavy atom. The van der Waals surface area contributed by atoms with Crippen molar-refractivity contribution in [3.63, 3.8) is 0 Å². The Bertz CT molecular complexity index is 700. The molecule has 0 aliphatic carbocycles. The molecule has 0 saturated carbocycles. The number of carbonyl (C=O) groups excluding carboxylic acids is 1. The predicted octanol–water partition coefficient (Wildman–Crippen LogP) is 4.15. The normalized spacial score (nSPS) is 10.5. The van der Waals surface area contributed by atoms with E-state index in [2.05, 4.69) is 17.1 Å². The molecule has 0 bridgehead atoms. The van der Waals surface area contributed by atoms with Gasteiger partial charge in [0.05, 0.1) is 12.0 Å². The lowest BCUT2D eigenvalue weighted by Crippen LogP contribution is -2.19. The Morgan fingerprint density at radius 3 is 2.58 bits per heavy atom. The van der Waals surface area contributed by atoms with Crippen LogP contribution in [0.5, 0.6) is 5.75 Å². The first-order chi connectivity index (χ1) is 11.7. The highest BCUT2D eigenvalue weighted by molar-refractivity contribution is 8.00. The van der Waals surface area contributed by atoms with Crippen molar-refractivity contribution in [1.29, 1.82) is 0 Å². The van der Waals surface area contributed by atoms with E-state index < -0.39 is 0 Å². The van der Waals surface area contributed by atoms with E-state index >= 15 is 0 Å². The first-order valence-electron chi connectivity index (χ1n) is 7.21. The van der Waals surface area contributed by atoms with E-state index in [4.69, 9.17) is 16.3 Å². The van der Waals surface area contributed by atoms with Crippen molar-refractivity contribution in [3.8, 4) is 5.75 Å². The molecule has 2 aromatic rings. The molecule has 0 unspecified atom stereocenters. The van der Waals surface area contributed by atoms with Crippen LogP contribution in [0.1, 0.15) is 5.56 Å². The zero-order valence-corrected chi connectivity index (χ0v) is 14.5. The SMILES string of the molecule is C=CCOc1ccc(/C=N\NC(=O)CSc2ccc(Cl)cc2)cc1. The monoisotopic (exact) mass is 360 g/mol. The molecule has 0 spiro atoms. The second kappa shape index (κ2) is 9.80. The smallest absolute Gasteiger partial charge is 0.250 e. The average Bonchev–Trinajstić information content (AvgIpc) is 2.60. The number of nitrogens with one attached hydrogen (secondary N) is 1. The van der Waals surface area contributed by atoms with Gasteiger partial charge in [-0.2, -0.15) is 5.10 Å². The molecule has 24 heavy (non-hydrogen) atoms. The molecule has 2 rings (SSSR count). The van der Waals surface area contributed by atoms with Gasteiger partial charge in [-0.3, -0.25) is 4.79 Å². The summed E-state index contributed by atoms with van der Waals surface area (Å²) in [5, 5.41) is 4.62. The van der Waals surface area contributed by atoms with Gasteiger partial charge in [0.15, 0.2) is 0 Å². The van der Waals surface area contributed by atoms with Gasteiger partial charge in [-0.15, -0.1) is 11.8 Å². The molecule has 0 heterocycles. The molecule has 4 nitrogen and oxygen atoms in total. The molecule has 1 amide bonds. The number of hydrazone groups is 1. The molecule has 0 atom stereocenters. The zero-order valence-electron chi connectivity index (χ0n) is 12.9. The number of hydrogen-bond donors (Lipinski definition) is 1. The number of hydrogen-bond acceptors (Lipinski definition) is 4. The van der Waals surface area contributed by atoms with Crippen molar-refractivity contribution in [2.45, 2.75) is 4.90 Å². The van der Waals surface area contributed by atoms with Gasteiger partial charge in [0.1, 0.15) is 12.4 Å². The summed E-state index contributed by atoms with van der Waals surface area (Å²) >= 11 is 7.24. The van der Waals surface area contributed by atoms with Crippen LogP contribution in [0, 0.1) is 0 Å². The highest BCUT2D eigenvalue weighted by atomic mass is 35.5. The van der Waals surface area contributed by atoms with Gasteiger partial charge in [-0.25, -0.2) is 5.43 Å². The van der Waals surface area contributed by atoms with Gasteiger partial charge < -0.3 is 4.74 Å². The molecule has 124 valence electrons. The van der Waals surface area contributed by atoms with Crippen LogP contribution in [0.25, 0.3) is 0 Å². The second-order valence-electron chi connectivity index (χ2n) is 4.70. The summed E-state index contributed by atoms with van der Waals surface area (Å²) in [5.41, 5.74) is 3.37. The summed E-state index contributed by atoms with van der Waals surface area (Å²) in [5.74, 6) is 0.875. The summed E-state index contributed by atoms with van der Waals surface area (Å²) in [6, 6.07) is 14.7. The summed E-state index contributed by atoms with van der Waals surface area (Å²) in [6.45, 7) is 4.06. The van der Waals surface area contributed by atoms with Gasteiger partial charge in [0.25, 0.3) is 0 Å². The Labute approximate surface area is 150 Å². The molecule has 6 heteroatoms. The minimum absolute atomic E-state index is 0.169. The second-order valence-corrected chi connectivity index (χ2v) is 6.19. The summed E-state index contributed by atoms with van der Waals surface area (Å²) in [6.07, 6.45) is 3.27. The number of rotatable bonds is 8. The third-order valence-electron chi connectivity index (χ3n) is 2.83. The predicted molar refractivity (Wildman–Crippen MR) is 100 cm³/mol. The Balaban J connectivity index is 1.75. The number of thioether (sulfide) groups is 1. The van der Waals surface area contributed by atoms with Crippen molar-refractivity contribution >= 4 is 35.5 Å². The van der Waals surface area contributed by atoms with Crippen LogP contribution in [-0.4, -0.2) is 24.5 Å². The lowest BCUT2D eigenvalue weighted by Gasteiger charge is -2.03. The van der Waals surface area contributed by atoms with Crippen molar-refractivity contribution < 1.29 is 9.53 Å². The summed E-state index contributed by atoms with van der Waals surface area (Å²) < 4.78 is 5.39. The molecule has 0 saturated heterocycles. The number of ether oxygens (including phenoxy) is 1. The van der Waals surface area contributed by atoms with Crippen LogP contribution in [-0.2, 0) is 4.79 Å². The van der Waals surface area contributed by atoms with Crippen LogP contribution in [0.15, 0.2) is 71.2 Å². The van der Waals surface area contributed by atoms with E-state index in [0.29, 0.717) is 11.6 Å². The number of carbonyl (C=O) groups is 1.